The lowest BCUT2D eigenvalue weighted by Crippen LogP contribution is -2.40. The Labute approximate surface area is 117 Å². The Balaban J connectivity index is 2.06. The number of piperidine rings is 1. The lowest BCUT2D eigenvalue weighted by Gasteiger charge is -2.31. The molecule has 1 aromatic heterocycles. The van der Waals surface area contributed by atoms with Gasteiger partial charge < -0.3 is 9.32 Å². The van der Waals surface area contributed by atoms with Crippen LogP contribution in [0.4, 0.5) is 0 Å². The van der Waals surface area contributed by atoms with Crippen molar-refractivity contribution in [3.05, 3.63) is 24.2 Å². The van der Waals surface area contributed by atoms with E-state index in [4.69, 9.17) is 4.42 Å². The molecule has 1 atom stereocenters. The van der Waals surface area contributed by atoms with E-state index in [-0.39, 0.29) is 5.54 Å². The van der Waals surface area contributed by atoms with Gasteiger partial charge in [0, 0.05) is 25.1 Å². The van der Waals surface area contributed by atoms with Crippen molar-refractivity contribution in [2.75, 3.05) is 13.1 Å². The number of amides is 1. The van der Waals surface area contributed by atoms with Crippen LogP contribution in [0.1, 0.15) is 37.0 Å². The summed E-state index contributed by atoms with van der Waals surface area (Å²) < 4.78 is 5.57. The zero-order valence-electron chi connectivity index (χ0n) is 12.3. The zero-order valence-corrected chi connectivity index (χ0v) is 13.3. The fraction of sp³-hybridized carbons (Fsp3) is 0.667. The molecule has 0 bridgehead atoms. The number of hydrogen-bond acceptors (Lipinski definition) is 2. The summed E-state index contributed by atoms with van der Waals surface area (Å²) in [5.74, 6) is 1.30. The highest BCUT2D eigenvalue weighted by molar-refractivity contribution is 6.77. The first-order valence-electron chi connectivity index (χ1n) is 7.29. The number of rotatable bonds is 4. The second-order valence-electron chi connectivity index (χ2n) is 6.58. The summed E-state index contributed by atoms with van der Waals surface area (Å²) in [6, 6.07) is 3.94. The van der Waals surface area contributed by atoms with E-state index in [1.54, 1.807) is 6.26 Å². The maximum atomic E-state index is 12.5. The van der Waals surface area contributed by atoms with Gasteiger partial charge in [0.25, 0.3) is 0 Å². The summed E-state index contributed by atoms with van der Waals surface area (Å²) in [6.07, 6.45) is 5.91. The third kappa shape index (κ3) is 3.72. The molecule has 2 heterocycles. The minimum Gasteiger partial charge on any atom is -0.469 e. The van der Waals surface area contributed by atoms with Crippen LogP contribution < -0.4 is 0 Å². The number of hydrogen-bond donors (Lipinski definition) is 0. The van der Waals surface area contributed by atoms with Crippen molar-refractivity contribution in [3.8, 4) is 0 Å². The molecule has 1 unspecified atom stereocenters. The molecule has 1 fully saturated rings. The standard InChI is InChI=1S/C15H25NO2Si/c1-19(2,3)14(13-8-7-11-18-13)12-15(17)16-9-5-4-6-10-16/h7-8,11,14H,4-6,9-10,12H2,1-3H3. The predicted molar refractivity (Wildman–Crippen MR) is 79.8 cm³/mol. The molecule has 1 saturated heterocycles. The molecule has 19 heavy (non-hydrogen) atoms. The van der Waals surface area contributed by atoms with Crippen molar-refractivity contribution >= 4 is 14.0 Å². The van der Waals surface area contributed by atoms with Crippen LogP contribution in [0.15, 0.2) is 22.8 Å². The summed E-state index contributed by atoms with van der Waals surface area (Å²) in [5, 5.41) is 0. The van der Waals surface area contributed by atoms with E-state index in [0.29, 0.717) is 12.3 Å². The third-order valence-corrected chi connectivity index (χ3v) is 6.60. The van der Waals surface area contributed by atoms with Gasteiger partial charge in [0.1, 0.15) is 5.76 Å². The van der Waals surface area contributed by atoms with E-state index >= 15 is 0 Å². The van der Waals surface area contributed by atoms with E-state index in [2.05, 4.69) is 19.6 Å². The summed E-state index contributed by atoms with van der Waals surface area (Å²) in [4.78, 5) is 14.5. The third-order valence-electron chi connectivity index (χ3n) is 4.02. The highest BCUT2D eigenvalue weighted by Gasteiger charge is 2.33. The van der Waals surface area contributed by atoms with Gasteiger partial charge in [0.05, 0.1) is 14.3 Å². The average Bonchev–Trinajstić information content (AvgIpc) is 2.88. The van der Waals surface area contributed by atoms with Crippen molar-refractivity contribution in [2.24, 2.45) is 0 Å². The average molecular weight is 279 g/mol. The van der Waals surface area contributed by atoms with Crippen LogP contribution in [-0.2, 0) is 4.79 Å². The van der Waals surface area contributed by atoms with Gasteiger partial charge in [0.2, 0.25) is 5.91 Å². The maximum absolute atomic E-state index is 12.5. The van der Waals surface area contributed by atoms with Gasteiger partial charge >= 0.3 is 0 Å². The molecule has 0 aromatic carbocycles. The molecule has 106 valence electrons. The lowest BCUT2D eigenvalue weighted by atomic mass is 10.1. The minimum absolute atomic E-state index is 0.289. The Hall–Kier alpha value is -1.03. The molecule has 1 aliphatic rings. The van der Waals surface area contributed by atoms with Crippen LogP contribution in [0, 0.1) is 0 Å². The van der Waals surface area contributed by atoms with Crippen molar-refractivity contribution in [2.45, 2.75) is 50.9 Å². The van der Waals surface area contributed by atoms with Crippen molar-refractivity contribution in [1.29, 1.82) is 0 Å². The molecule has 0 aliphatic carbocycles. The molecule has 0 spiro atoms. The Morgan fingerprint density at radius 1 is 1.32 bits per heavy atom. The monoisotopic (exact) mass is 279 g/mol. The first-order chi connectivity index (χ1) is 8.98. The molecule has 0 N–H and O–H groups in total. The fourth-order valence-corrected chi connectivity index (χ4v) is 4.57. The molecule has 1 amide bonds. The second-order valence-corrected chi connectivity index (χ2v) is 12.0. The number of furan rings is 1. The van der Waals surface area contributed by atoms with Gasteiger partial charge in [0.15, 0.2) is 0 Å². The van der Waals surface area contributed by atoms with Crippen LogP contribution in [0.25, 0.3) is 0 Å². The normalized spacial score (nSPS) is 18.4. The predicted octanol–water partition coefficient (Wildman–Crippen LogP) is 3.64. The summed E-state index contributed by atoms with van der Waals surface area (Å²) in [5.41, 5.74) is 0.289. The van der Waals surface area contributed by atoms with Gasteiger partial charge in [-0.1, -0.05) is 19.6 Å². The Morgan fingerprint density at radius 2 is 2.00 bits per heavy atom. The maximum Gasteiger partial charge on any atom is 0.223 e. The van der Waals surface area contributed by atoms with E-state index in [1.807, 2.05) is 17.0 Å². The Morgan fingerprint density at radius 3 is 2.53 bits per heavy atom. The van der Waals surface area contributed by atoms with Crippen LogP contribution >= 0.6 is 0 Å². The number of nitrogens with zero attached hydrogens (tertiary/aromatic N) is 1. The van der Waals surface area contributed by atoms with Crippen LogP contribution in [0.5, 0.6) is 0 Å². The Bertz CT molecular complexity index is 402. The molecule has 0 saturated carbocycles. The summed E-state index contributed by atoms with van der Waals surface area (Å²) in [7, 11) is -1.46. The van der Waals surface area contributed by atoms with E-state index in [9.17, 15) is 4.79 Å². The molecular formula is C15H25NO2Si. The van der Waals surface area contributed by atoms with E-state index in [1.165, 1.54) is 6.42 Å². The number of carbonyl (C=O) groups is 1. The molecular weight excluding hydrogens is 254 g/mol. The molecule has 1 aromatic rings. The first-order valence-corrected chi connectivity index (χ1v) is 10.9. The van der Waals surface area contributed by atoms with Gasteiger partial charge in [-0.25, -0.2) is 0 Å². The largest absolute Gasteiger partial charge is 0.469 e. The first kappa shape index (κ1) is 14.4. The second kappa shape index (κ2) is 5.95. The van der Waals surface area contributed by atoms with Gasteiger partial charge in [-0.2, -0.15) is 0 Å². The van der Waals surface area contributed by atoms with Crippen LogP contribution in [-0.4, -0.2) is 32.0 Å². The molecule has 1 aliphatic heterocycles. The summed E-state index contributed by atoms with van der Waals surface area (Å²) >= 11 is 0. The minimum atomic E-state index is -1.46. The quantitative estimate of drug-likeness (QED) is 0.788. The van der Waals surface area contributed by atoms with Crippen LogP contribution in [0.3, 0.4) is 0 Å². The fourth-order valence-electron chi connectivity index (χ4n) is 2.77. The SMILES string of the molecule is C[Si](C)(C)C(CC(=O)N1CCCCC1)c1ccco1. The summed E-state index contributed by atoms with van der Waals surface area (Å²) in [6.45, 7) is 8.81. The smallest absolute Gasteiger partial charge is 0.223 e. The lowest BCUT2D eigenvalue weighted by molar-refractivity contribution is -0.132. The van der Waals surface area contributed by atoms with Gasteiger partial charge in [-0.05, 0) is 31.4 Å². The van der Waals surface area contributed by atoms with Gasteiger partial charge in [-0.3, -0.25) is 4.79 Å². The highest BCUT2D eigenvalue weighted by Crippen LogP contribution is 2.31. The highest BCUT2D eigenvalue weighted by atomic mass is 28.3. The topological polar surface area (TPSA) is 33.5 Å². The molecule has 4 heteroatoms. The van der Waals surface area contributed by atoms with E-state index in [0.717, 1.165) is 31.7 Å². The molecule has 0 radical (unpaired) electrons. The van der Waals surface area contributed by atoms with Crippen molar-refractivity contribution in [1.82, 2.24) is 4.90 Å². The van der Waals surface area contributed by atoms with Crippen molar-refractivity contribution in [3.63, 3.8) is 0 Å². The Kier molecular flexibility index (Phi) is 4.50. The van der Waals surface area contributed by atoms with Gasteiger partial charge in [-0.15, -0.1) is 0 Å². The molecule has 2 rings (SSSR count). The number of carbonyl (C=O) groups excluding carboxylic acids is 1. The zero-order chi connectivity index (χ0) is 13.9. The van der Waals surface area contributed by atoms with Crippen molar-refractivity contribution < 1.29 is 9.21 Å². The molecule has 3 nitrogen and oxygen atoms in total. The number of likely N-dealkylation sites (tertiary alicyclic amines) is 1. The van der Waals surface area contributed by atoms with E-state index < -0.39 is 8.07 Å². The van der Waals surface area contributed by atoms with Crippen LogP contribution in [0.2, 0.25) is 19.6 Å².